The smallest absolute Gasteiger partial charge is 0.407 e. The van der Waals surface area contributed by atoms with Crippen LogP contribution in [-0.4, -0.2) is 42.3 Å². The third kappa shape index (κ3) is 6.34. The summed E-state index contributed by atoms with van der Waals surface area (Å²) in [5, 5.41) is 14.4. The molecular formula is C26H32N2O5. The fraction of sp³-hybridized carbons (Fsp3) is 0.423. The highest BCUT2D eigenvalue weighted by Gasteiger charge is 2.29. The zero-order chi connectivity index (χ0) is 24.0. The van der Waals surface area contributed by atoms with Crippen LogP contribution in [0, 0.1) is 11.8 Å². The van der Waals surface area contributed by atoms with Crippen molar-refractivity contribution >= 4 is 18.0 Å². The van der Waals surface area contributed by atoms with Gasteiger partial charge in [-0.2, -0.15) is 0 Å². The summed E-state index contributed by atoms with van der Waals surface area (Å²) in [5.74, 6) is -1.30. The van der Waals surface area contributed by atoms with Crippen molar-refractivity contribution in [2.24, 2.45) is 11.8 Å². The van der Waals surface area contributed by atoms with E-state index in [4.69, 9.17) is 9.84 Å². The summed E-state index contributed by atoms with van der Waals surface area (Å²) in [4.78, 5) is 35.7. The fourth-order valence-corrected chi connectivity index (χ4v) is 4.18. The first-order valence-corrected chi connectivity index (χ1v) is 11.4. The fourth-order valence-electron chi connectivity index (χ4n) is 4.18. The average Bonchev–Trinajstić information content (AvgIpc) is 3.09. The Bertz CT molecular complexity index is 958. The number of carboxylic acid groups (broad SMARTS) is 1. The van der Waals surface area contributed by atoms with E-state index in [1.165, 1.54) is 0 Å². The van der Waals surface area contributed by atoms with E-state index in [0.29, 0.717) is 0 Å². The van der Waals surface area contributed by atoms with Gasteiger partial charge in [-0.15, -0.1) is 0 Å². The largest absolute Gasteiger partial charge is 0.481 e. The second-order valence-corrected chi connectivity index (χ2v) is 9.03. The number of ether oxygens (including phenoxy) is 1. The summed E-state index contributed by atoms with van der Waals surface area (Å²) < 4.78 is 5.60. The van der Waals surface area contributed by atoms with Crippen LogP contribution in [0.25, 0.3) is 11.1 Å². The molecule has 2 aromatic rings. The number of aliphatic carboxylic acids is 1. The second-order valence-electron chi connectivity index (χ2n) is 9.03. The lowest BCUT2D eigenvalue weighted by Crippen LogP contribution is -2.43. The van der Waals surface area contributed by atoms with Crippen molar-refractivity contribution in [3.05, 3.63) is 59.7 Å². The summed E-state index contributed by atoms with van der Waals surface area (Å²) >= 11 is 0. The Morgan fingerprint density at radius 2 is 1.52 bits per heavy atom. The van der Waals surface area contributed by atoms with Crippen molar-refractivity contribution in [1.82, 2.24) is 10.6 Å². The molecule has 1 aliphatic rings. The lowest BCUT2D eigenvalue weighted by atomic mass is 9.98. The van der Waals surface area contributed by atoms with E-state index >= 15 is 0 Å². The van der Waals surface area contributed by atoms with Crippen LogP contribution >= 0.6 is 0 Å². The van der Waals surface area contributed by atoms with Gasteiger partial charge in [-0.1, -0.05) is 69.3 Å². The van der Waals surface area contributed by atoms with Gasteiger partial charge in [-0.05, 0) is 34.1 Å². The monoisotopic (exact) mass is 452 g/mol. The minimum atomic E-state index is -0.895. The summed E-state index contributed by atoms with van der Waals surface area (Å²) in [6.45, 7) is 6.11. The molecule has 3 rings (SSSR count). The van der Waals surface area contributed by atoms with Gasteiger partial charge < -0.3 is 20.5 Å². The Balaban J connectivity index is 1.54. The molecule has 0 saturated carbocycles. The van der Waals surface area contributed by atoms with Crippen LogP contribution in [0.4, 0.5) is 4.79 Å². The minimum Gasteiger partial charge on any atom is -0.481 e. The molecule has 176 valence electrons. The summed E-state index contributed by atoms with van der Waals surface area (Å²) in [7, 11) is 0. The van der Waals surface area contributed by atoms with Crippen LogP contribution in [0.1, 0.15) is 50.7 Å². The van der Waals surface area contributed by atoms with Gasteiger partial charge in [0.25, 0.3) is 0 Å². The van der Waals surface area contributed by atoms with Crippen LogP contribution in [0.2, 0.25) is 0 Å². The molecule has 0 heterocycles. The molecule has 2 atom stereocenters. The molecule has 33 heavy (non-hydrogen) atoms. The van der Waals surface area contributed by atoms with E-state index in [1.54, 1.807) is 6.92 Å². The van der Waals surface area contributed by atoms with Gasteiger partial charge in [0.15, 0.2) is 0 Å². The highest BCUT2D eigenvalue weighted by molar-refractivity contribution is 5.79. The van der Waals surface area contributed by atoms with Gasteiger partial charge in [0.1, 0.15) is 6.61 Å². The first kappa shape index (κ1) is 24.3. The van der Waals surface area contributed by atoms with Gasteiger partial charge in [-0.3, -0.25) is 9.59 Å². The predicted octanol–water partition coefficient (Wildman–Crippen LogP) is 4.17. The molecule has 0 bridgehead atoms. The number of nitrogens with one attached hydrogen (secondary N) is 2. The lowest BCUT2D eigenvalue weighted by Gasteiger charge is -2.23. The number of benzene rings is 2. The van der Waals surface area contributed by atoms with Gasteiger partial charge in [0.2, 0.25) is 5.91 Å². The summed E-state index contributed by atoms with van der Waals surface area (Å²) in [6.07, 6.45) is -0.462. The number of alkyl carbamates (subject to hydrolysis) is 1. The Labute approximate surface area is 194 Å². The number of carboxylic acids is 1. The van der Waals surface area contributed by atoms with Crippen molar-refractivity contribution in [3.63, 3.8) is 0 Å². The van der Waals surface area contributed by atoms with Crippen molar-refractivity contribution in [3.8, 4) is 11.1 Å². The summed E-state index contributed by atoms with van der Waals surface area (Å²) in [5.41, 5.74) is 4.61. The molecule has 0 aliphatic heterocycles. The van der Waals surface area contributed by atoms with E-state index < -0.39 is 18.1 Å². The van der Waals surface area contributed by atoms with Gasteiger partial charge in [-0.25, -0.2) is 4.79 Å². The molecule has 7 heteroatoms. The van der Waals surface area contributed by atoms with Crippen LogP contribution < -0.4 is 10.6 Å². The molecule has 0 radical (unpaired) electrons. The Morgan fingerprint density at radius 1 is 0.939 bits per heavy atom. The van der Waals surface area contributed by atoms with Crippen molar-refractivity contribution < 1.29 is 24.2 Å². The molecule has 1 aliphatic carbocycles. The van der Waals surface area contributed by atoms with Gasteiger partial charge in [0, 0.05) is 31.3 Å². The number of hydrogen-bond donors (Lipinski definition) is 3. The van der Waals surface area contributed by atoms with Crippen LogP contribution in [-0.2, 0) is 14.3 Å². The Hall–Kier alpha value is -3.35. The zero-order valence-electron chi connectivity index (χ0n) is 19.3. The molecule has 0 fully saturated rings. The van der Waals surface area contributed by atoms with Crippen molar-refractivity contribution in [2.75, 3.05) is 13.2 Å². The standard InChI is InChI=1S/C26H32N2O5/c1-16(2)23(13-24(29)27-14-17(3)12-25(30)31)28-26(32)33-15-22-20-10-6-4-8-18(20)19-9-5-7-11-21(19)22/h4-11,16-17,22-23H,12-15H2,1-3H3,(H,27,29)(H,28,32)(H,30,31). The number of fused-ring (bicyclic) bond motifs is 3. The average molecular weight is 453 g/mol. The first-order chi connectivity index (χ1) is 15.8. The number of amides is 2. The molecule has 7 nitrogen and oxygen atoms in total. The van der Waals surface area contributed by atoms with E-state index in [1.807, 2.05) is 38.1 Å². The minimum absolute atomic E-state index is 0.00805. The first-order valence-electron chi connectivity index (χ1n) is 11.4. The van der Waals surface area contributed by atoms with E-state index in [2.05, 4.69) is 34.9 Å². The molecule has 0 aromatic heterocycles. The maximum atomic E-state index is 12.6. The molecule has 0 spiro atoms. The summed E-state index contributed by atoms with van der Waals surface area (Å²) in [6, 6.07) is 15.9. The second kappa shape index (κ2) is 11.0. The zero-order valence-corrected chi connectivity index (χ0v) is 19.3. The maximum Gasteiger partial charge on any atom is 0.407 e. The molecule has 3 N–H and O–H groups in total. The Kier molecular flexibility index (Phi) is 8.09. The molecule has 0 saturated heterocycles. The number of rotatable bonds is 10. The lowest BCUT2D eigenvalue weighted by molar-refractivity contribution is -0.138. The SMILES string of the molecule is CC(CNC(=O)CC(NC(=O)OCC1c2ccccc2-c2ccccc21)C(C)C)CC(=O)O. The van der Waals surface area contributed by atoms with Crippen molar-refractivity contribution in [1.29, 1.82) is 0 Å². The normalized spacial score (nSPS) is 14.2. The van der Waals surface area contributed by atoms with Crippen LogP contribution in [0.3, 0.4) is 0 Å². The topological polar surface area (TPSA) is 105 Å². The van der Waals surface area contributed by atoms with E-state index in [0.717, 1.165) is 22.3 Å². The van der Waals surface area contributed by atoms with E-state index in [9.17, 15) is 14.4 Å². The van der Waals surface area contributed by atoms with Crippen LogP contribution in [0.5, 0.6) is 0 Å². The number of hydrogen-bond acceptors (Lipinski definition) is 4. The van der Waals surface area contributed by atoms with Crippen LogP contribution in [0.15, 0.2) is 48.5 Å². The van der Waals surface area contributed by atoms with E-state index in [-0.39, 0.29) is 49.7 Å². The van der Waals surface area contributed by atoms with Gasteiger partial charge in [0.05, 0.1) is 0 Å². The molecular weight excluding hydrogens is 420 g/mol. The molecule has 2 amide bonds. The highest BCUT2D eigenvalue weighted by Crippen LogP contribution is 2.44. The number of carbonyl (C=O) groups excluding carboxylic acids is 2. The highest BCUT2D eigenvalue weighted by atomic mass is 16.5. The Morgan fingerprint density at radius 3 is 2.06 bits per heavy atom. The quantitative estimate of drug-likeness (QED) is 0.502. The third-order valence-electron chi connectivity index (χ3n) is 6.03. The number of carbonyl (C=O) groups is 3. The maximum absolute atomic E-state index is 12.6. The van der Waals surface area contributed by atoms with Crippen molar-refractivity contribution in [2.45, 2.75) is 45.6 Å². The molecule has 2 aromatic carbocycles. The molecule has 2 unspecified atom stereocenters. The third-order valence-corrected chi connectivity index (χ3v) is 6.03. The predicted molar refractivity (Wildman–Crippen MR) is 126 cm³/mol. The van der Waals surface area contributed by atoms with Gasteiger partial charge >= 0.3 is 12.1 Å².